The molecule has 0 spiro atoms. The third-order valence-corrected chi connectivity index (χ3v) is 3.25. The monoisotopic (exact) mass is 250 g/mol. The third kappa shape index (κ3) is 3.28. The molecule has 0 fully saturated rings. The van der Waals surface area contributed by atoms with E-state index in [2.05, 4.69) is 23.8 Å². The van der Waals surface area contributed by atoms with Crippen molar-refractivity contribution in [2.45, 2.75) is 59.3 Å². The van der Waals surface area contributed by atoms with Gasteiger partial charge in [0.05, 0.1) is 6.42 Å². The van der Waals surface area contributed by atoms with E-state index < -0.39 is 5.97 Å². The van der Waals surface area contributed by atoms with Crippen molar-refractivity contribution in [3.63, 3.8) is 0 Å². The molecule has 18 heavy (non-hydrogen) atoms. The fourth-order valence-corrected chi connectivity index (χ4v) is 1.95. The molecule has 0 aliphatic rings. The van der Waals surface area contributed by atoms with E-state index in [1.807, 2.05) is 13.8 Å². The van der Waals surface area contributed by atoms with Gasteiger partial charge in [-0.25, -0.2) is 9.97 Å². The normalized spacial score (nSPS) is 12.4. The Morgan fingerprint density at radius 2 is 1.67 bits per heavy atom. The molecule has 1 rings (SSSR count). The molecule has 1 aromatic rings. The van der Waals surface area contributed by atoms with Crippen molar-refractivity contribution in [1.29, 1.82) is 0 Å². The summed E-state index contributed by atoms with van der Waals surface area (Å²) < 4.78 is 0. The first-order chi connectivity index (χ1) is 8.53. The van der Waals surface area contributed by atoms with Gasteiger partial charge in [0, 0.05) is 22.9 Å². The first-order valence-corrected chi connectivity index (χ1v) is 6.63. The second-order valence-electron chi connectivity index (χ2n) is 4.54. The molecule has 0 saturated carbocycles. The second-order valence-corrected chi connectivity index (χ2v) is 4.54. The Morgan fingerprint density at radius 3 is 2.00 bits per heavy atom. The van der Waals surface area contributed by atoms with Gasteiger partial charge in [0.1, 0.15) is 5.82 Å². The maximum atomic E-state index is 10.9. The summed E-state index contributed by atoms with van der Waals surface area (Å²) in [5.41, 5.74) is 2.58. The summed E-state index contributed by atoms with van der Waals surface area (Å²) in [6, 6.07) is 0. The first kappa shape index (κ1) is 14.6. The highest BCUT2D eigenvalue weighted by Crippen LogP contribution is 2.20. The number of hydrogen-bond donors (Lipinski definition) is 1. The van der Waals surface area contributed by atoms with E-state index in [0.29, 0.717) is 5.92 Å². The summed E-state index contributed by atoms with van der Waals surface area (Å²) in [5.74, 6) is 0.346. The molecule has 0 aliphatic heterocycles. The zero-order valence-electron chi connectivity index (χ0n) is 11.7. The number of carbonyl (C=O) groups is 1. The van der Waals surface area contributed by atoms with E-state index in [1.165, 1.54) is 0 Å². The number of carboxylic acids is 1. The summed E-state index contributed by atoms with van der Waals surface area (Å²) >= 11 is 0. The van der Waals surface area contributed by atoms with Crippen molar-refractivity contribution in [3.05, 3.63) is 22.8 Å². The summed E-state index contributed by atoms with van der Waals surface area (Å²) in [5, 5.41) is 8.98. The van der Waals surface area contributed by atoms with Gasteiger partial charge in [-0.1, -0.05) is 27.7 Å². The maximum absolute atomic E-state index is 10.9. The van der Waals surface area contributed by atoms with E-state index in [-0.39, 0.29) is 6.42 Å². The second kappa shape index (κ2) is 6.47. The highest BCUT2D eigenvalue weighted by Gasteiger charge is 2.17. The van der Waals surface area contributed by atoms with Crippen LogP contribution in [0.5, 0.6) is 0 Å². The number of carboxylic acid groups (broad SMARTS) is 1. The minimum Gasteiger partial charge on any atom is -0.481 e. The Balaban J connectivity index is 3.29. The van der Waals surface area contributed by atoms with E-state index in [0.717, 1.165) is 42.0 Å². The Bertz CT molecular complexity index is 405. The molecule has 0 bridgehead atoms. The minimum atomic E-state index is -0.820. The molecule has 0 saturated heterocycles. The smallest absolute Gasteiger partial charge is 0.307 e. The van der Waals surface area contributed by atoms with Crippen LogP contribution in [0.2, 0.25) is 0 Å². The van der Waals surface area contributed by atoms with Gasteiger partial charge in [-0.3, -0.25) is 4.79 Å². The average Bonchev–Trinajstić information content (AvgIpc) is 2.37. The van der Waals surface area contributed by atoms with E-state index in [1.54, 1.807) is 0 Å². The van der Waals surface area contributed by atoms with Crippen LogP contribution in [0.3, 0.4) is 0 Å². The predicted molar refractivity (Wildman–Crippen MR) is 70.8 cm³/mol. The summed E-state index contributed by atoms with van der Waals surface area (Å²) in [7, 11) is 0. The SMILES string of the molecule is CCc1nc(C(C)CC)nc(CC)c1CC(=O)O. The van der Waals surface area contributed by atoms with Gasteiger partial charge >= 0.3 is 5.97 Å². The Hall–Kier alpha value is -1.45. The lowest BCUT2D eigenvalue weighted by Gasteiger charge is -2.15. The van der Waals surface area contributed by atoms with Crippen molar-refractivity contribution < 1.29 is 9.90 Å². The zero-order valence-corrected chi connectivity index (χ0v) is 11.7. The van der Waals surface area contributed by atoms with Crippen molar-refractivity contribution >= 4 is 5.97 Å². The molecule has 1 aromatic heterocycles. The lowest BCUT2D eigenvalue weighted by atomic mass is 10.0. The molecule has 1 unspecified atom stereocenters. The Labute approximate surface area is 108 Å². The molecule has 100 valence electrons. The van der Waals surface area contributed by atoms with E-state index in [9.17, 15) is 4.79 Å². The molecular weight excluding hydrogens is 228 g/mol. The molecule has 0 amide bonds. The number of aromatic nitrogens is 2. The lowest BCUT2D eigenvalue weighted by molar-refractivity contribution is -0.136. The van der Waals surface area contributed by atoms with Gasteiger partial charge in [-0.15, -0.1) is 0 Å². The summed E-state index contributed by atoms with van der Waals surface area (Å²) in [4.78, 5) is 20.0. The molecule has 4 nitrogen and oxygen atoms in total. The molecule has 1 heterocycles. The zero-order chi connectivity index (χ0) is 13.7. The van der Waals surface area contributed by atoms with E-state index >= 15 is 0 Å². The maximum Gasteiger partial charge on any atom is 0.307 e. The predicted octanol–water partition coefficient (Wildman–Crippen LogP) is 2.74. The number of nitrogens with zero attached hydrogens (tertiary/aromatic N) is 2. The van der Waals surface area contributed by atoms with Gasteiger partial charge < -0.3 is 5.11 Å². The first-order valence-electron chi connectivity index (χ1n) is 6.63. The third-order valence-electron chi connectivity index (χ3n) is 3.25. The van der Waals surface area contributed by atoms with Crippen molar-refractivity contribution in [1.82, 2.24) is 9.97 Å². The highest BCUT2D eigenvalue weighted by atomic mass is 16.4. The van der Waals surface area contributed by atoms with Crippen LogP contribution in [0.25, 0.3) is 0 Å². The lowest BCUT2D eigenvalue weighted by Crippen LogP contribution is -2.14. The van der Waals surface area contributed by atoms with Crippen molar-refractivity contribution in [2.75, 3.05) is 0 Å². The minimum absolute atomic E-state index is 0.0210. The number of hydrogen-bond acceptors (Lipinski definition) is 3. The van der Waals surface area contributed by atoms with Gasteiger partial charge in [0.2, 0.25) is 0 Å². The standard InChI is InChI=1S/C14H22N2O2/c1-5-9(4)14-15-11(6-2)10(8-13(17)18)12(7-3)16-14/h9H,5-8H2,1-4H3,(H,17,18). The quantitative estimate of drug-likeness (QED) is 0.843. The summed E-state index contributed by atoms with van der Waals surface area (Å²) in [6.45, 7) is 8.22. The molecule has 4 heteroatoms. The fraction of sp³-hybridized carbons (Fsp3) is 0.643. The topological polar surface area (TPSA) is 63.1 Å². The van der Waals surface area contributed by atoms with Crippen LogP contribution in [-0.4, -0.2) is 21.0 Å². The van der Waals surface area contributed by atoms with Gasteiger partial charge in [0.15, 0.2) is 0 Å². The molecule has 1 atom stereocenters. The van der Waals surface area contributed by atoms with Crippen molar-refractivity contribution in [3.8, 4) is 0 Å². The molecular formula is C14H22N2O2. The molecule has 0 aliphatic carbocycles. The van der Waals surface area contributed by atoms with Gasteiger partial charge in [0.25, 0.3) is 0 Å². The Morgan fingerprint density at radius 1 is 1.17 bits per heavy atom. The summed E-state index contributed by atoms with van der Waals surface area (Å²) in [6.07, 6.45) is 2.51. The van der Waals surface area contributed by atoms with Crippen LogP contribution >= 0.6 is 0 Å². The molecule has 0 radical (unpaired) electrons. The van der Waals surface area contributed by atoms with Crippen LogP contribution in [-0.2, 0) is 24.1 Å². The van der Waals surface area contributed by atoms with Crippen LogP contribution in [0.1, 0.15) is 62.8 Å². The largest absolute Gasteiger partial charge is 0.481 e. The average molecular weight is 250 g/mol. The number of aliphatic carboxylic acids is 1. The van der Waals surface area contributed by atoms with E-state index in [4.69, 9.17) is 5.11 Å². The van der Waals surface area contributed by atoms with Gasteiger partial charge in [-0.2, -0.15) is 0 Å². The molecule has 0 aromatic carbocycles. The van der Waals surface area contributed by atoms with Crippen LogP contribution in [0, 0.1) is 0 Å². The van der Waals surface area contributed by atoms with Crippen LogP contribution in [0.4, 0.5) is 0 Å². The van der Waals surface area contributed by atoms with Crippen LogP contribution < -0.4 is 0 Å². The fourth-order valence-electron chi connectivity index (χ4n) is 1.95. The number of aryl methyl sites for hydroxylation is 2. The Kier molecular flexibility index (Phi) is 5.25. The van der Waals surface area contributed by atoms with Crippen LogP contribution in [0.15, 0.2) is 0 Å². The van der Waals surface area contributed by atoms with Crippen molar-refractivity contribution in [2.24, 2.45) is 0 Å². The number of rotatable bonds is 6. The van der Waals surface area contributed by atoms with Gasteiger partial charge in [-0.05, 0) is 19.3 Å². The molecule has 1 N–H and O–H groups in total. The highest BCUT2D eigenvalue weighted by molar-refractivity contribution is 5.71.